The molecule has 0 aliphatic heterocycles. The quantitative estimate of drug-likeness (QED) is 0.464. The lowest BCUT2D eigenvalue weighted by molar-refractivity contribution is 0.307. The Morgan fingerprint density at radius 3 is 2.18 bits per heavy atom. The van der Waals surface area contributed by atoms with Crippen LogP contribution in [-0.4, -0.2) is 0 Å². The van der Waals surface area contributed by atoms with Crippen LogP contribution in [0.5, 0.6) is 0 Å². The third kappa shape index (κ3) is 5.43. The van der Waals surface area contributed by atoms with Crippen molar-refractivity contribution in [3.8, 4) is 11.8 Å². The Hall–Kier alpha value is -1.69. The molecule has 152 valence electrons. The van der Waals surface area contributed by atoms with Crippen LogP contribution < -0.4 is 0 Å². The standard InChI is InChI=1S/C25H31F3/c1-2-3-18-8-11-21(12-9-18)22-16-24(27)23(25(28)17-22)13-10-19-4-6-20(7-5-19)14-15-26/h14-21H,2-9,11-12H2,1H3/b15-14+/t18-,19?,20?,21-. The molecular formula is C25H31F3. The molecule has 0 amide bonds. The van der Waals surface area contributed by atoms with Crippen LogP contribution in [0.1, 0.15) is 88.2 Å². The summed E-state index contributed by atoms with van der Waals surface area (Å²) in [6.45, 7) is 2.21. The molecule has 0 N–H and O–H groups in total. The Balaban J connectivity index is 1.64. The van der Waals surface area contributed by atoms with Crippen molar-refractivity contribution in [2.24, 2.45) is 17.8 Å². The van der Waals surface area contributed by atoms with Crippen LogP contribution in [0.4, 0.5) is 13.2 Å². The maximum atomic E-state index is 14.6. The van der Waals surface area contributed by atoms with E-state index in [1.165, 1.54) is 25.0 Å². The van der Waals surface area contributed by atoms with Crippen LogP contribution >= 0.6 is 0 Å². The molecule has 0 radical (unpaired) electrons. The molecular weight excluding hydrogens is 357 g/mol. The van der Waals surface area contributed by atoms with Gasteiger partial charge in [0.05, 0.1) is 11.9 Å². The van der Waals surface area contributed by atoms with Gasteiger partial charge >= 0.3 is 0 Å². The molecule has 2 aliphatic carbocycles. The number of hydrogen-bond acceptors (Lipinski definition) is 0. The van der Waals surface area contributed by atoms with E-state index in [0.717, 1.165) is 62.8 Å². The Morgan fingerprint density at radius 2 is 1.61 bits per heavy atom. The summed E-state index contributed by atoms with van der Waals surface area (Å²) >= 11 is 0. The molecule has 2 fully saturated rings. The maximum absolute atomic E-state index is 14.6. The van der Waals surface area contributed by atoms with Crippen molar-refractivity contribution in [1.29, 1.82) is 0 Å². The average molecular weight is 389 g/mol. The first-order chi connectivity index (χ1) is 13.6. The van der Waals surface area contributed by atoms with Gasteiger partial charge in [0.1, 0.15) is 11.6 Å². The molecule has 1 aromatic rings. The van der Waals surface area contributed by atoms with Crippen molar-refractivity contribution in [3.63, 3.8) is 0 Å². The molecule has 1 aromatic carbocycles. The fraction of sp³-hybridized carbons (Fsp3) is 0.600. The van der Waals surface area contributed by atoms with E-state index in [4.69, 9.17) is 0 Å². The highest BCUT2D eigenvalue weighted by Gasteiger charge is 2.24. The van der Waals surface area contributed by atoms with Gasteiger partial charge in [0.25, 0.3) is 0 Å². The van der Waals surface area contributed by atoms with Gasteiger partial charge in [0.15, 0.2) is 0 Å². The Morgan fingerprint density at radius 1 is 0.964 bits per heavy atom. The van der Waals surface area contributed by atoms with Crippen molar-refractivity contribution < 1.29 is 13.2 Å². The predicted octanol–water partition coefficient (Wildman–Crippen LogP) is 7.68. The van der Waals surface area contributed by atoms with Crippen molar-refractivity contribution in [3.05, 3.63) is 47.3 Å². The van der Waals surface area contributed by atoms with E-state index in [2.05, 4.69) is 18.8 Å². The van der Waals surface area contributed by atoms with E-state index >= 15 is 0 Å². The molecule has 0 bridgehead atoms. The van der Waals surface area contributed by atoms with E-state index in [0.29, 0.717) is 6.33 Å². The maximum Gasteiger partial charge on any atom is 0.142 e. The first-order valence-corrected chi connectivity index (χ1v) is 10.9. The van der Waals surface area contributed by atoms with Gasteiger partial charge in [0, 0.05) is 5.92 Å². The third-order valence-corrected chi connectivity index (χ3v) is 6.60. The zero-order valence-corrected chi connectivity index (χ0v) is 16.8. The van der Waals surface area contributed by atoms with Crippen molar-refractivity contribution >= 4 is 0 Å². The van der Waals surface area contributed by atoms with Crippen LogP contribution in [0.3, 0.4) is 0 Å². The molecule has 3 rings (SSSR count). The van der Waals surface area contributed by atoms with Gasteiger partial charge in [-0.1, -0.05) is 37.7 Å². The summed E-state index contributed by atoms with van der Waals surface area (Å²) < 4.78 is 41.4. The topological polar surface area (TPSA) is 0 Å². The summed E-state index contributed by atoms with van der Waals surface area (Å²) in [6, 6.07) is 3.00. The summed E-state index contributed by atoms with van der Waals surface area (Å²) in [5.41, 5.74) is 0.684. The van der Waals surface area contributed by atoms with Crippen LogP contribution in [0.2, 0.25) is 0 Å². The second-order valence-electron chi connectivity index (χ2n) is 8.57. The molecule has 0 unspecified atom stereocenters. The van der Waals surface area contributed by atoms with E-state index in [-0.39, 0.29) is 23.3 Å². The van der Waals surface area contributed by atoms with E-state index < -0.39 is 11.6 Å². The van der Waals surface area contributed by atoms with Gasteiger partial charge < -0.3 is 0 Å². The number of benzene rings is 1. The highest BCUT2D eigenvalue weighted by atomic mass is 19.1. The number of halogens is 3. The van der Waals surface area contributed by atoms with E-state index in [9.17, 15) is 13.2 Å². The molecule has 2 saturated carbocycles. The molecule has 0 atom stereocenters. The largest absolute Gasteiger partial charge is 0.216 e. The Bertz CT molecular complexity index is 701. The lowest BCUT2D eigenvalue weighted by atomic mass is 9.77. The second-order valence-corrected chi connectivity index (χ2v) is 8.57. The molecule has 0 nitrogen and oxygen atoms in total. The van der Waals surface area contributed by atoms with Gasteiger partial charge in [-0.05, 0) is 86.8 Å². The minimum Gasteiger partial charge on any atom is -0.216 e. The average Bonchev–Trinajstić information content (AvgIpc) is 2.69. The lowest BCUT2D eigenvalue weighted by Crippen LogP contribution is -2.14. The van der Waals surface area contributed by atoms with Gasteiger partial charge in [-0.2, -0.15) is 0 Å². The number of rotatable bonds is 4. The minimum atomic E-state index is -0.535. The normalized spacial score (nSPS) is 28.1. The molecule has 0 spiro atoms. The summed E-state index contributed by atoms with van der Waals surface area (Å²) in [6.07, 6.45) is 12.5. The predicted molar refractivity (Wildman–Crippen MR) is 109 cm³/mol. The van der Waals surface area contributed by atoms with Crippen LogP contribution in [0.15, 0.2) is 24.5 Å². The number of hydrogen-bond donors (Lipinski definition) is 0. The Labute approximate surface area is 167 Å². The fourth-order valence-electron chi connectivity index (χ4n) is 4.87. The smallest absolute Gasteiger partial charge is 0.142 e. The van der Waals surface area contributed by atoms with Crippen LogP contribution in [-0.2, 0) is 0 Å². The highest BCUT2D eigenvalue weighted by Crippen LogP contribution is 2.38. The van der Waals surface area contributed by atoms with Crippen molar-refractivity contribution in [2.45, 2.75) is 77.0 Å². The van der Waals surface area contributed by atoms with Crippen LogP contribution in [0.25, 0.3) is 0 Å². The molecule has 0 saturated heterocycles. The first-order valence-electron chi connectivity index (χ1n) is 10.9. The van der Waals surface area contributed by atoms with Gasteiger partial charge in [-0.25, -0.2) is 13.2 Å². The number of allylic oxidation sites excluding steroid dienone is 1. The molecule has 28 heavy (non-hydrogen) atoms. The van der Waals surface area contributed by atoms with E-state index in [1.807, 2.05) is 0 Å². The van der Waals surface area contributed by atoms with Gasteiger partial charge in [-0.3, -0.25) is 0 Å². The van der Waals surface area contributed by atoms with Gasteiger partial charge in [0.2, 0.25) is 0 Å². The SMILES string of the molecule is CCC[C@H]1CC[C@H](c2cc(F)c(C#CC3CCC(/C=C/F)CC3)c(F)c2)CC1. The molecule has 3 heteroatoms. The van der Waals surface area contributed by atoms with Crippen LogP contribution in [0, 0.1) is 41.2 Å². The molecule has 0 heterocycles. The zero-order chi connectivity index (χ0) is 19.9. The lowest BCUT2D eigenvalue weighted by Gasteiger charge is -2.28. The zero-order valence-electron chi connectivity index (χ0n) is 16.8. The Kier molecular flexibility index (Phi) is 7.65. The summed E-state index contributed by atoms with van der Waals surface area (Å²) in [5, 5.41) is 0. The minimum absolute atomic E-state index is 0.103. The summed E-state index contributed by atoms with van der Waals surface area (Å²) in [4.78, 5) is 0. The highest BCUT2D eigenvalue weighted by molar-refractivity contribution is 5.40. The first kappa shape index (κ1) is 21.0. The molecule has 2 aliphatic rings. The van der Waals surface area contributed by atoms with Crippen molar-refractivity contribution in [1.82, 2.24) is 0 Å². The third-order valence-electron chi connectivity index (χ3n) is 6.60. The molecule has 0 aromatic heterocycles. The summed E-state index contributed by atoms with van der Waals surface area (Å²) in [5.74, 6) is 6.18. The summed E-state index contributed by atoms with van der Waals surface area (Å²) in [7, 11) is 0. The monoisotopic (exact) mass is 388 g/mol. The second kappa shape index (κ2) is 10.2. The van der Waals surface area contributed by atoms with E-state index in [1.54, 1.807) is 6.08 Å². The van der Waals surface area contributed by atoms with Gasteiger partial charge in [-0.15, -0.1) is 0 Å². The fourth-order valence-corrected chi connectivity index (χ4v) is 4.87. The van der Waals surface area contributed by atoms with Crippen molar-refractivity contribution in [2.75, 3.05) is 0 Å².